The number of likely N-dealkylation sites (tertiary alicyclic amines) is 1. The Balaban J connectivity index is 1.21. The van der Waals surface area contributed by atoms with E-state index in [1.165, 1.54) is 12.8 Å². The average Bonchev–Trinajstić information content (AvgIpc) is 3.26. The van der Waals surface area contributed by atoms with Crippen LogP contribution in [0.4, 0.5) is 0 Å². The molecule has 0 radical (unpaired) electrons. The van der Waals surface area contributed by atoms with Gasteiger partial charge in [-0.3, -0.25) is 14.4 Å². The second kappa shape index (κ2) is 8.74. The van der Waals surface area contributed by atoms with E-state index < -0.39 is 0 Å². The predicted octanol–water partition coefficient (Wildman–Crippen LogP) is 2.35. The first-order chi connectivity index (χ1) is 15.2. The van der Waals surface area contributed by atoms with Crippen LogP contribution in [0.5, 0.6) is 17.2 Å². The van der Waals surface area contributed by atoms with Crippen molar-refractivity contribution in [3.05, 3.63) is 29.6 Å². The van der Waals surface area contributed by atoms with Crippen molar-refractivity contribution in [2.24, 2.45) is 0 Å². The van der Waals surface area contributed by atoms with Crippen molar-refractivity contribution >= 4 is 5.91 Å². The summed E-state index contributed by atoms with van der Waals surface area (Å²) in [6, 6.07) is 4.88. The van der Waals surface area contributed by atoms with Gasteiger partial charge in [0.2, 0.25) is 12.5 Å². The van der Waals surface area contributed by atoms with E-state index in [0.29, 0.717) is 23.5 Å². The number of hydrogen-bond acceptors (Lipinski definition) is 7. The molecule has 2 fully saturated rings. The highest BCUT2D eigenvalue weighted by molar-refractivity contribution is 5.92. The molecule has 1 aromatic heterocycles. The third-order valence-corrected chi connectivity index (χ3v) is 6.23. The molecular weight excluding hydrogens is 398 g/mol. The van der Waals surface area contributed by atoms with Crippen molar-refractivity contribution in [2.45, 2.75) is 63.7 Å². The standard InChI is InChI=1S/C22H29N5O4/c1-29-19-10-15(11-20-21(19)31-14-30-20)12-26-8-3-2-4-17(26)7-9-27-13-18(24-25-27)22(28)23-16-5-6-16/h10-11,13,16-17H,2-9,12,14H2,1H3,(H,23,28)/t17-/m0/s1. The van der Waals surface area contributed by atoms with Crippen LogP contribution in [0.25, 0.3) is 0 Å². The number of aromatic nitrogens is 3. The van der Waals surface area contributed by atoms with Crippen LogP contribution in [0.15, 0.2) is 18.3 Å². The van der Waals surface area contributed by atoms with Crippen LogP contribution in [-0.2, 0) is 13.1 Å². The molecule has 5 rings (SSSR count). The molecule has 1 saturated carbocycles. The average molecular weight is 428 g/mol. The SMILES string of the molecule is COc1cc(CN2CCCC[C@H]2CCn2cc(C(=O)NC3CC3)nn2)cc2c1OCO2. The number of benzene rings is 1. The van der Waals surface area contributed by atoms with Crippen molar-refractivity contribution in [2.75, 3.05) is 20.4 Å². The number of methoxy groups -OCH3 is 1. The lowest BCUT2D eigenvalue weighted by Crippen LogP contribution is -2.39. The molecule has 0 unspecified atom stereocenters. The minimum absolute atomic E-state index is 0.121. The second-order valence-corrected chi connectivity index (χ2v) is 8.56. The molecule has 2 aromatic rings. The summed E-state index contributed by atoms with van der Waals surface area (Å²) < 4.78 is 18.4. The molecule has 1 amide bonds. The van der Waals surface area contributed by atoms with Gasteiger partial charge in [-0.05, 0) is 56.3 Å². The quantitative estimate of drug-likeness (QED) is 0.692. The van der Waals surface area contributed by atoms with Gasteiger partial charge in [0.05, 0.1) is 13.3 Å². The summed E-state index contributed by atoms with van der Waals surface area (Å²) in [5, 5.41) is 11.2. The monoisotopic (exact) mass is 427 g/mol. The first kappa shape index (κ1) is 20.1. The Hall–Kier alpha value is -2.81. The third kappa shape index (κ3) is 4.61. The zero-order valence-electron chi connectivity index (χ0n) is 17.9. The number of piperidine rings is 1. The van der Waals surface area contributed by atoms with Crippen molar-refractivity contribution in [1.82, 2.24) is 25.2 Å². The van der Waals surface area contributed by atoms with Crippen molar-refractivity contribution in [1.29, 1.82) is 0 Å². The highest BCUT2D eigenvalue weighted by Crippen LogP contribution is 2.42. The number of aryl methyl sites for hydroxylation is 1. The predicted molar refractivity (Wildman–Crippen MR) is 112 cm³/mol. The Morgan fingerprint density at radius 2 is 2.16 bits per heavy atom. The van der Waals surface area contributed by atoms with Gasteiger partial charge in [-0.25, -0.2) is 0 Å². The molecule has 1 saturated heterocycles. The van der Waals surface area contributed by atoms with Crippen LogP contribution in [0.2, 0.25) is 0 Å². The molecule has 166 valence electrons. The fraction of sp³-hybridized carbons (Fsp3) is 0.591. The van der Waals surface area contributed by atoms with Gasteiger partial charge < -0.3 is 19.5 Å². The van der Waals surface area contributed by atoms with E-state index in [1.54, 1.807) is 18.0 Å². The van der Waals surface area contributed by atoms with Crippen LogP contribution in [0.1, 0.15) is 54.6 Å². The van der Waals surface area contributed by atoms with E-state index >= 15 is 0 Å². The fourth-order valence-electron chi connectivity index (χ4n) is 4.38. The normalized spacial score (nSPS) is 20.6. The van der Waals surface area contributed by atoms with Gasteiger partial charge >= 0.3 is 0 Å². The van der Waals surface area contributed by atoms with E-state index in [4.69, 9.17) is 14.2 Å². The van der Waals surface area contributed by atoms with Gasteiger partial charge in [0.25, 0.3) is 5.91 Å². The number of fused-ring (bicyclic) bond motifs is 1. The number of ether oxygens (including phenoxy) is 3. The maximum absolute atomic E-state index is 12.1. The molecule has 3 heterocycles. The van der Waals surface area contributed by atoms with Gasteiger partial charge in [0, 0.05) is 25.2 Å². The lowest BCUT2D eigenvalue weighted by Gasteiger charge is -2.36. The summed E-state index contributed by atoms with van der Waals surface area (Å²) >= 11 is 0. The van der Waals surface area contributed by atoms with Crippen LogP contribution in [-0.4, -0.2) is 58.3 Å². The Kier molecular flexibility index (Phi) is 5.67. The Morgan fingerprint density at radius 3 is 3.00 bits per heavy atom. The lowest BCUT2D eigenvalue weighted by atomic mass is 9.98. The fourth-order valence-corrected chi connectivity index (χ4v) is 4.38. The molecule has 0 bridgehead atoms. The van der Waals surface area contributed by atoms with Gasteiger partial charge in [0.1, 0.15) is 0 Å². The number of nitrogens with zero attached hydrogens (tertiary/aromatic N) is 4. The molecule has 1 aliphatic carbocycles. The molecule has 9 heteroatoms. The summed E-state index contributed by atoms with van der Waals surface area (Å²) in [6.07, 6.45) is 8.44. The third-order valence-electron chi connectivity index (χ3n) is 6.23. The van der Waals surface area contributed by atoms with Crippen LogP contribution >= 0.6 is 0 Å². The van der Waals surface area contributed by atoms with E-state index in [1.807, 2.05) is 6.07 Å². The molecule has 1 aromatic carbocycles. The molecule has 9 nitrogen and oxygen atoms in total. The summed E-state index contributed by atoms with van der Waals surface area (Å²) in [7, 11) is 1.65. The largest absolute Gasteiger partial charge is 0.493 e. The number of carbonyl (C=O) groups is 1. The van der Waals surface area contributed by atoms with Crippen LogP contribution < -0.4 is 19.5 Å². The first-order valence-corrected chi connectivity index (χ1v) is 11.1. The summed E-state index contributed by atoms with van der Waals surface area (Å²) in [5.41, 5.74) is 1.56. The van der Waals surface area contributed by atoms with Gasteiger partial charge in [-0.2, -0.15) is 0 Å². The Labute approximate surface area is 181 Å². The number of rotatable bonds is 8. The second-order valence-electron chi connectivity index (χ2n) is 8.56. The number of amides is 1. The minimum atomic E-state index is -0.121. The van der Waals surface area contributed by atoms with E-state index in [9.17, 15) is 4.79 Å². The number of nitrogens with one attached hydrogen (secondary N) is 1. The van der Waals surface area contributed by atoms with E-state index in [-0.39, 0.29) is 12.7 Å². The molecule has 0 spiro atoms. The molecule has 1 N–H and O–H groups in total. The minimum Gasteiger partial charge on any atom is -0.493 e. The highest BCUT2D eigenvalue weighted by atomic mass is 16.7. The Bertz CT molecular complexity index is 942. The lowest BCUT2D eigenvalue weighted by molar-refractivity contribution is 0.0946. The first-order valence-electron chi connectivity index (χ1n) is 11.1. The van der Waals surface area contributed by atoms with Crippen molar-refractivity contribution < 1.29 is 19.0 Å². The van der Waals surface area contributed by atoms with Crippen LogP contribution in [0, 0.1) is 0 Å². The maximum Gasteiger partial charge on any atom is 0.273 e. The van der Waals surface area contributed by atoms with Crippen molar-refractivity contribution in [3.8, 4) is 17.2 Å². The van der Waals surface area contributed by atoms with Crippen molar-refractivity contribution in [3.63, 3.8) is 0 Å². The molecular formula is C22H29N5O4. The Morgan fingerprint density at radius 1 is 1.26 bits per heavy atom. The number of carbonyl (C=O) groups excluding carboxylic acids is 1. The van der Waals surface area contributed by atoms with E-state index in [2.05, 4.69) is 26.6 Å². The zero-order valence-corrected chi connectivity index (χ0v) is 17.9. The summed E-state index contributed by atoms with van der Waals surface area (Å²) in [5.74, 6) is 2.04. The zero-order chi connectivity index (χ0) is 21.2. The van der Waals surface area contributed by atoms with Gasteiger partial charge in [-0.1, -0.05) is 11.6 Å². The molecule has 31 heavy (non-hydrogen) atoms. The molecule has 2 aliphatic heterocycles. The van der Waals surface area contributed by atoms with Gasteiger partial charge in [0.15, 0.2) is 17.2 Å². The van der Waals surface area contributed by atoms with E-state index in [0.717, 1.165) is 62.4 Å². The molecule has 3 aliphatic rings. The smallest absolute Gasteiger partial charge is 0.273 e. The summed E-state index contributed by atoms with van der Waals surface area (Å²) in [6.45, 7) is 2.88. The molecule has 1 atom stereocenters. The van der Waals surface area contributed by atoms with Crippen LogP contribution in [0.3, 0.4) is 0 Å². The number of hydrogen-bond donors (Lipinski definition) is 1. The van der Waals surface area contributed by atoms with Gasteiger partial charge in [-0.15, -0.1) is 5.10 Å². The summed E-state index contributed by atoms with van der Waals surface area (Å²) in [4.78, 5) is 14.7. The highest BCUT2D eigenvalue weighted by Gasteiger charge is 2.27. The maximum atomic E-state index is 12.1. The topological polar surface area (TPSA) is 90.7 Å².